The number of anilines is 1. The number of thioether (sulfide) groups is 1. The maximum Gasteiger partial charge on any atom is 0.253 e. The number of hydrogen-bond donors (Lipinski definition) is 0. The zero-order valence-electron chi connectivity index (χ0n) is 12.6. The van der Waals surface area contributed by atoms with E-state index in [0.29, 0.717) is 10.9 Å². The Balaban J connectivity index is 1.52. The smallest absolute Gasteiger partial charge is 0.253 e. The zero-order valence-corrected chi connectivity index (χ0v) is 13.4. The van der Waals surface area contributed by atoms with Gasteiger partial charge in [0.15, 0.2) is 0 Å². The second-order valence-corrected chi connectivity index (χ2v) is 6.65. The van der Waals surface area contributed by atoms with Crippen LogP contribution >= 0.6 is 11.8 Å². The highest BCUT2D eigenvalue weighted by Gasteiger charge is 2.34. The van der Waals surface area contributed by atoms with E-state index >= 15 is 0 Å². The highest BCUT2D eigenvalue weighted by molar-refractivity contribution is 8.00. The molecule has 1 saturated heterocycles. The minimum absolute atomic E-state index is 0.116. The molecule has 1 amide bonds. The number of aryl methyl sites for hydroxylation is 1. The van der Waals surface area contributed by atoms with Crippen LogP contribution in [0.1, 0.15) is 12.0 Å². The number of carbonyl (C=O) groups excluding carboxylic acids is 1. The van der Waals surface area contributed by atoms with Gasteiger partial charge < -0.3 is 4.90 Å². The zero-order chi connectivity index (χ0) is 15.8. The lowest BCUT2D eigenvalue weighted by Crippen LogP contribution is -2.27. The predicted octanol–water partition coefficient (Wildman–Crippen LogP) is 2.33. The van der Waals surface area contributed by atoms with Crippen molar-refractivity contribution in [1.82, 2.24) is 19.6 Å². The van der Waals surface area contributed by atoms with Crippen molar-refractivity contribution in [2.24, 2.45) is 0 Å². The van der Waals surface area contributed by atoms with Crippen LogP contribution in [0.2, 0.25) is 0 Å². The molecule has 1 fully saturated rings. The van der Waals surface area contributed by atoms with Gasteiger partial charge in [0.25, 0.3) is 5.78 Å². The van der Waals surface area contributed by atoms with E-state index in [1.807, 2.05) is 36.1 Å². The van der Waals surface area contributed by atoms with Crippen LogP contribution in [0.4, 0.5) is 5.69 Å². The van der Waals surface area contributed by atoms with Crippen LogP contribution in [-0.2, 0) is 4.79 Å². The Labute approximate surface area is 137 Å². The van der Waals surface area contributed by atoms with Gasteiger partial charge in [0, 0.05) is 24.6 Å². The summed E-state index contributed by atoms with van der Waals surface area (Å²) in [5.74, 6) is 0.668. The van der Waals surface area contributed by atoms with Gasteiger partial charge >= 0.3 is 0 Å². The quantitative estimate of drug-likeness (QED) is 0.739. The first kappa shape index (κ1) is 14.2. The summed E-state index contributed by atoms with van der Waals surface area (Å²) in [7, 11) is 0. The van der Waals surface area contributed by atoms with Crippen molar-refractivity contribution in [2.45, 2.75) is 23.8 Å². The van der Waals surface area contributed by atoms with Crippen LogP contribution in [-0.4, -0.2) is 37.3 Å². The van der Waals surface area contributed by atoms with Gasteiger partial charge in [0.2, 0.25) is 11.1 Å². The fraction of sp³-hybridized carbons (Fsp3) is 0.250. The standard InChI is InChI=1S/C16H15N5OS/c1-11-3-5-12(6-4-11)20-10-7-13(14(20)22)23-16-18-15-17-8-2-9-21(15)19-16/h2-6,8-9,13H,7,10H2,1H3. The Morgan fingerprint density at radius 2 is 2.09 bits per heavy atom. The first-order valence-corrected chi connectivity index (χ1v) is 8.31. The molecule has 1 aromatic carbocycles. The summed E-state index contributed by atoms with van der Waals surface area (Å²) in [6, 6.07) is 9.84. The van der Waals surface area contributed by atoms with Gasteiger partial charge in [-0.25, -0.2) is 9.50 Å². The lowest BCUT2D eigenvalue weighted by atomic mass is 10.2. The van der Waals surface area contributed by atoms with Crippen molar-refractivity contribution >= 4 is 29.1 Å². The van der Waals surface area contributed by atoms with Gasteiger partial charge in [0.05, 0.1) is 5.25 Å². The van der Waals surface area contributed by atoms with Gasteiger partial charge in [-0.15, -0.1) is 5.10 Å². The predicted molar refractivity (Wildman–Crippen MR) is 88.6 cm³/mol. The topological polar surface area (TPSA) is 63.4 Å². The van der Waals surface area contributed by atoms with Gasteiger partial charge in [-0.05, 0) is 31.5 Å². The average molecular weight is 325 g/mol. The number of nitrogens with zero attached hydrogens (tertiary/aromatic N) is 5. The molecule has 4 rings (SSSR count). The van der Waals surface area contributed by atoms with E-state index in [1.165, 1.54) is 17.3 Å². The minimum atomic E-state index is -0.145. The number of aromatic nitrogens is 4. The summed E-state index contributed by atoms with van der Waals surface area (Å²) in [5.41, 5.74) is 2.14. The molecule has 0 N–H and O–H groups in total. The molecule has 0 saturated carbocycles. The molecule has 1 atom stereocenters. The third-order valence-corrected chi connectivity index (χ3v) is 4.95. The monoisotopic (exact) mass is 325 g/mol. The molecule has 0 radical (unpaired) electrons. The van der Waals surface area contributed by atoms with Crippen LogP contribution in [0.25, 0.3) is 5.78 Å². The number of carbonyl (C=O) groups is 1. The third kappa shape index (κ3) is 2.68. The summed E-state index contributed by atoms with van der Waals surface area (Å²) in [4.78, 5) is 23.0. The Morgan fingerprint density at radius 1 is 1.26 bits per heavy atom. The van der Waals surface area contributed by atoms with Crippen molar-refractivity contribution in [1.29, 1.82) is 0 Å². The van der Waals surface area contributed by atoms with Crippen LogP contribution in [0, 0.1) is 6.92 Å². The Bertz CT molecular complexity index is 827. The first-order chi connectivity index (χ1) is 11.2. The summed E-state index contributed by atoms with van der Waals surface area (Å²) in [6.45, 7) is 2.77. The lowest BCUT2D eigenvalue weighted by Gasteiger charge is -2.16. The van der Waals surface area contributed by atoms with Crippen molar-refractivity contribution in [2.75, 3.05) is 11.4 Å². The summed E-state index contributed by atoms with van der Waals surface area (Å²) >= 11 is 1.41. The van der Waals surface area contributed by atoms with E-state index in [9.17, 15) is 4.79 Å². The lowest BCUT2D eigenvalue weighted by molar-refractivity contribution is -0.116. The van der Waals surface area contributed by atoms with Gasteiger partial charge in [-0.1, -0.05) is 29.5 Å². The van der Waals surface area contributed by atoms with Crippen molar-refractivity contribution < 1.29 is 4.79 Å². The molecule has 23 heavy (non-hydrogen) atoms. The molecule has 1 aliphatic heterocycles. The number of amides is 1. The highest BCUT2D eigenvalue weighted by atomic mass is 32.2. The Hall–Kier alpha value is -2.41. The van der Waals surface area contributed by atoms with E-state index < -0.39 is 0 Å². The molecular weight excluding hydrogens is 310 g/mol. The molecule has 3 aromatic rings. The second-order valence-electron chi connectivity index (χ2n) is 5.48. The molecular formula is C16H15N5OS. The molecule has 1 aliphatic rings. The molecule has 2 aromatic heterocycles. The molecule has 6 nitrogen and oxygen atoms in total. The number of fused-ring (bicyclic) bond motifs is 1. The maximum absolute atomic E-state index is 12.6. The summed E-state index contributed by atoms with van der Waals surface area (Å²) in [6.07, 6.45) is 4.27. The first-order valence-electron chi connectivity index (χ1n) is 7.43. The molecule has 7 heteroatoms. The normalized spacial score (nSPS) is 18.0. The third-order valence-electron chi connectivity index (χ3n) is 3.85. The summed E-state index contributed by atoms with van der Waals surface area (Å²) < 4.78 is 1.62. The molecule has 1 unspecified atom stereocenters. The fourth-order valence-electron chi connectivity index (χ4n) is 2.64. The molecule has 0 aliphatic carbocycles. The number of hydrogen-bond acceptors (Lipinski definition) is 5. The van der Waals surface area contributed by atoms with E-state index in [-0.39, 0.29) is 11.2 Å². The Kier molecular flexibility index (Phi) is 3.49. The maximum atomic E-state index is 12.6. The molecule has 0 spiro atoms. The fourth-order valence-corrected chi connectivity index (χ4v) is 3.61. The number of benzene rings is 1. The van der Waals surface area contributed by atoms with Crippen molar-refractivity contribution in [3.8, 4) is 0 Å². The van der Waals surface area contributed by atoms with E-state index in [2.05, 4.69) is 15.1 Å². The van der Waals surface area contributed by atoms with E-state index in [1.54, 1.807) is 23.0 Å². The molecule has 3 heterocycles. The minimum Gasteiger partial charge on any atom is -0.311 e. The average Bonchev–Trinajstić information content (AvgIpc) is 3.12. The van der Waals surface area contributed by atoms with Gasteiger partial charge in [0.1, 0.15) is 0 Å². The van der Waals surface area contributed by atoms with Crippen LogP contribution in [0.5, 0.6) is 0 Å². The van der Waals surface area contributed by atoms with Gasteiger partial charge in [-0.3, -0.25) is 4.79 Å². The molecule has 116 valence electrons. The van der Waals surface area contributed by atoms with E-state index in [4.69, 9.17) is 0 Å². The Morgan fingerprint density at radius 3 is 2.87 bits per heavy atom. The van der Waals surface area contributed by atoms with Crippen molar-refractivity contribution in [3.63, 3.8) is 0 Å². The van der Waals surface area contributed by atoms with Crippen molar-refractivity contribution in [3.05, 3.63) is 48.3 Å². The largest absolute Gasteiger partial charge is 0.311 e. The number of rotatable bonds is 3. The highest BCUT2D eigenvalue weighted by Crippen LogP contribution is 2.31. The molecule has 0 bridgehead atoms. The van der Waals surface area contributed by atoms with Crippen LogP contribution in [0.15, 0.2) is 47.9 Å². The van der Waals surface area contributed by atoms with Crippen LogP contribution in [0.3, 0.4) is 0 Å². The van der Waals surface area contributed by atoms with E-state index in [0.717, 1.165) is 18.7 Å². The van der Waals surface area contributed by atoms with Gasteiger partial charge in [-0.2, -0.15) is 4.98 Å². The second kappa shape index (κ2) is 5.66. The SMILES string of the molecule is Cc1ccc(N2CCC(Sc3nc4ncccn4n3)C2=O)cc1. The van der Waals surface area contributed by atoms with Crippen LogP contribution < -0.4 is 4.90 Å². The summed E-state index contributed by atoms with van der Waals surface area (Å²) in [5, 5.41) is 4.80.